The van der Waals surface area contributed by atoms with E-state index in [0.29, 0.717) is 37.5 Å². The van der Waals surface area contributed by atoms with Crippen molar-refractivity contribution in [1.29, 1.82) is 0 Å². The molecule has 226 valence electrons. The van der Waals surface area contributed by atoms with Gasteiger partial charge >= 0.3 is 0 Å². The average Bonchev–Trinajstić information content (AvgIpc) is 3.51. The van der Waals surface area contributed by atoms with Gasteiger partial charge in [0.05, 0.1) is 44.4 Å². The van der Waals surface area contributed by atoms with Gasteiger partial charge in [-0.25, -0.2) is 4.39 Å². The largest absolute Gasteiger partial charge is 0.480 e. The summed E-state index contributed by atoms with van der Waals surface area (Å²) in [6.07, 6.45) is 2.48. The highest BCUT2D eigenvalue weighted by atomic mass is 19.1. The molecule has 0 spiro atoms. The van der Waals surface area contributed by atoms with Crippen LogP contribution < -0.4 is 15.0 Å². The lowest BCUT2D eigenvalue weighted by atomic mass is 9.90. The van der Waals surface area contributed by atoms with Gasteiger partial charge in [0.25, 0.3) is 0 Å². The number of morpholine rings is 1. The second-order valence-corrected chi connectivity index (χ2v) is 12.9. The molecule has 42 heavy (non-hydrogen) atoms. The summed E-state index contributed by atoms with van der Waals surface area (Å²) in [5.74, 6) is 0.372. The molecule has 3 aliphatic heterocycles. The Balaban J connectivity index is 1.31. The van der Waals surface area contributed by atoms with E-state index in [1.807, 2.05) is 11.1 Å². The number of piperazine rings is 1. The Kier molecular flexibility index (Phi) is 7.99. The molecule has 0 radical (unpaired) electrons. The van der Waals surface area contributed by atoms with Crippen molar-refractivity contribution in [3.63, 3.8) is 0 Å². The minimum absolute atomic E-state index is 0.107. The van der Waals surface area contributed by atoms with E-state index in [1.54, 1.807) is 19.2 Å². The smallest absolute Gasteiger partial charge is 0.241 e. The number of aromatic nitrogens is 2. The Morgan fingerprint density at radius 1 is 1.21 bits per heavy atom. The molecule has 1 aromatic carbocycles. The van der Waals surface area contributed by atoms with Crippen molar-refractivity contribution in [2.24, 2.45) is 0 Å². The molecule has 2 fully saturated rings. The lowest BCUT2D eigenvalue weighted by molar-refractivity contribution is -0.121. The number of hydrogen-bond acceptors (Lipinski definition) is 7. The van der Waals surface area contributed by atoms with Crippen molar-refractivity contribution in [2.75, 3.05) is 64.5 Å². The van der Waals surface area contributed by atoms with Crippen LogP contribution in [0.15, 0.2) is 36.5 Å². The normalized spacial score (nSPS) is 24.7. The second kappa shape index (κ2) is 11.6. The van der Waals surface area contributed by atoms with Gasteiger partial charge in [0.2, 0.25) is 11.8 Å². The van der Waals surface area contributed by atoms with Crippen LogP contribution >= 0.6 is 0 Å². The van der Waals surface area contributed by atoms with E-state index >= 15 is 0 Å². The zero-order valence-electron chi connectivity index (χ0n) is 25.4. The molecule has 0 aliphatic carbocycles. The van der Waals surface area contributed by atoms with E-state index in [4.69, 9.17) is 14.5 Å². The summed E-state index contributed by atoms with van der Waals surface area (Å²) in [6, 6.07) is 9.60. The molecule has 6 rings (SSSR count). The number of fused-ring (bicyclic) bond motifs is 3. The van der Waals surface area contributed by atoms with Crippen LogP contribution in [0.4, 0.5) is 10.1 Å². The number of imidazole rings is 1. The third-order valence-electron chi connectivity index (χ3n) is 9.08. The molecule has 10 heteroatoms. The number of carbonyl (C=O) groups excluding carboxylic acids is 1. The van der Waals surface area contributed by atoms with Crippen molar-refractivity contribution in [2.45, 2.75) is 57.7 Å². The Labute approximate surface area is 247 Å². The highest BCUT2D eigenvalue weighted by Crippen LogP contribution is 2.43. The minimum Gasteiger partial charge on any atom is -0.480 e. The predicted octanol–water partition coefficient (Wildman–Crippen LogP) is 3.08. The average molecular weight is 579 g/mol. The third kappa shape index (κ3) is 5.65. The number of carbonyl (C=O) groups is 1. The van der Waals surface area contributed by atoms with Crippen LogP contribution in [0.1, 0.15) is 44.5 Å². The molecule has 5 heterocycles. The van der Waals surface area contributed by atoms with Crippen LogP contribution in [0.3, 0.4) is 0 Å². The fourth-order valence-electron chi connectivity index (χ4n) is 6.85. The summed E-state index contributed by atoms with van der Waals surface area (Å²) in [6.45, 7) is 14.7. The number of rotatable bonds is 7. The lowest BCUT2D eigenvalue weighted by Gasteiger charge is -2.43. The van der Waals surface area contributed by atoms with E-state index in [0.717, 1.165) is 67.5 Å². The van der Waals surface area contributed by atoms with Crippen molar-refractivity contribution >= 4 is 17.2 Å². The standard InChI is InChI=1S/C32H43FN6O3/c1-21-15-37(26(14-34-21)16-36-10-11-42-19-22(36)2)18-29(40)39-20-32(3,4)30-27(39)13-24(12-23-6-8-25(33)9-7-23)31-35-28(41-5)17-38(30)31/h6-9,13,17,21-22,26,34H,10-12,14-16,18-20H2,1-5H3/t21-,22-,26-/m1/s1. The molecule has 1 N–H and O–H groups in total. The Morgan fingerprint density at radius 3 is 2.74 bits per heavy atom. The summed E-state index contributed by atoms with van der Waals surface area (Å²) in [5.41, 5.74) is 4.42. The van der Waals surface area contributed by atoms with E-state index < -0.39 is 0 Å². The van der Waals surface area contributed by atoms with Gasteiger partial charge in [-0.05, 0) is 37.6 Å². The molecule has 1 amide bonds. The van der Waals surface area contributed by atoms with Gasteiger partial charge in [0.15, 0.2) is 0 Å². The molecule has 0 unspecified atom stereocenters. The molecular weight excluding hydrogens is 535 g/mol. The molecule has 9 nitrogen and oxygen atoms in total. The number of anilines is 1. The molecular formula is C32H43FN6O3. The number of ether oxygens (including phenoxy) is 2. The van der Waals surface area contributed by atoms with Crippen molar-refractivity contribution in [1.82, 2.24) is 24.5 Å². The quantitative estimate of drug-likeness (QED) is 0.462. The Bertz CT molecular complexity index is 1440. The first-order valence-electron chi connectivity index (χ1n) is 15.1. The van der Waals surface area contributed by atoms with Crippen LogP contribution in [-0.4, -0.2) is 103 Å². The van der Waals surface area contributed by atoms with Crippen LogP contribution in [0.2, 0.25) is 0 Å². The topological polar surface area (TPSA) is 74.6 Å². The fourth-order valence-corrected chi connectivity index (χ4v) is 6.85. The zero-order valence-corrected chi connectivity index (χ0v) is 25.4. The van der Waals surface area contributed by atoms with E-state index in [1.165, 1.54) is 12.1 Å². The molecule has 0 saturated carbocycles. The maximum Gasteiger partial charge on any atom is 0.241 e. The SMILES string of the molecule is COc1cn2c3c(cc(Cc4ccc(F)cc4)c2n1)N(C(=O)CN1C[C@@H](C)NC[C@@H]1CN1CCOC[C@H]1C)CC3(C)C. The first-order chi connectivity index (χ1) is 20.1. The highest BCUT2D eigenvalue weighted by Gasteiger charge is 2.42. The van der Waals surface area contributed by atoms with Crippen molar-refractivity contribution in [3.05, 3.63) is 59.2 Å². The van der Waals surface area contributed by atoms with E-state index in [2.05, 4.69) is 53.3 Å². The lowest BCUT2D eigenvalue weighted by Crippen LogP contribution is -2.62. The van der Waals surface area contributed by atoms with Crippen LogP contribution in [0.5, 0.6) is 5.88 Å². The molecule has 3 aliphatic rings. The first kappa shape index (κ1) is 29.0. The number of hydrogen-bond donors (Lipinski definition) is 1. The minimum atomic E-state index is -0.289. The molecule has 3 atom stereocenters. The molecule has 2 saturated heterocycles. The van der Waals surface area contributed by atoms with Gasteiger partial charge in [-0.3, -0.25) is 19.0 Å². The predicted molar refractivity (Wildman–Crippen MR) is 161 cm³/mol. The summed E-state index contributed by atoms with van der Waals surface area (Å²) in [5, 5.41) is 3.63. The summed E-state index contributed by atoms with van der Waals surface area (Å²) < 4.78 is 26.9. The number of halogens is 1. The summed E-state index contributed by atoms with van der Waals surface area (Å²) in [4.78, 5) is 25.8. The van der Waals surface area contributed by atoms with Crippen LogP contribution in [-0.2, 0) is 21.4 Å². The number of nitrogens with zero attached hydrogens (tertiary/aromatic N) is 5. The molecule has 3 aromatic rings. The molecule has 0 bridgehead atoms. The van der Waals surface area contributed by atoms with Gasteiger partial charge in [0, 0.05) is 68.2 Å². The Morgan fingerprint density at radius 2 is 2.00 bits per heavy atom. The second-order valence-electron chi connectivity index (χ2n) is 12.9. The van der Waals surface area contributed by atoms with Gasteiger partial charge in [-0.1, -0.05) is 26.0 Å². The van der Waals surface area contributed by atoms with Gasteiger partial charge < -0.3 is 19.7 Å². The monoisotopic (exact) mass is 578 g/mol. The Hall–Kier alpha value is -3.05. The number of amides is 1. The maximum atomic E-state index is 14.2. The molecule has 2 aromatic heterocycles. The number of nitrogens with one attached hydrogen (secondary N) is 1. The maximum absolute atomic E-state index is 14.2. The zero-order chi connectivity index (χ0) is 29.6. The van der Waals surface area contributed by atoms with Crippen LogP contribution in [0, 0.1) is 5.82 Å². The number of methoxy groups -OCH3 is 1. The first-order valence-corrected chi connectivity index (χ1v) is 15.1. The van der Waals surface area contributed by atoms with Crippen molar-refractivity contribution in [3.8, 4) is 5.88 Å². The van der Waals surface area contributed by atoms with Gasteiger partial charge in [0.1, 0.15) is 11.5 Å². The summed E-state index contributed by atoms with van der Waals surface area (Å²) >= 11 is 0. The third-order valence-corrected chi connectivity index (χ3v) is 9.08. The van der Waals surface area contributed by atoms with Crippen LogP contribution in [0.25, 0.3) is 5.65 Å². The van der Waals surface area contributed by atoms with E-state index in [9.17, 15) is 9.18 Å². The van der Waals surface area contributed by atoms with Gasteiger partial charge in [-0.2, -0.15) is 4.98 Å². The number of pyridine rings is 1. The summed E-state index contributed by atoms with van der Waals surface area (Å²) in [7, 11) is 1.62. The van der Waals surface area contributed by atoms with Crippen molar-refractivity contribution < 1.29 is 18.7 Å². The highest BCUT2D eigenvalue weighted by molar-refractivity contribution is 5.98. The number of benzene rings is 1. The fraction of sp³-hybridized carbons (Fsp3) is 0.562. The van der Waals surface area contributed by atoms with E-state index in [-0.39, 0.29) is 23.2 Å². The van der Waals surface area contributed by atoms with Gasteiger partial charge in [-0.15, -0.1) is 0 Å².